The van der Waals surface area contributed by atoms with Gasteiger partial charge in [-0.2, -0.15) is 0 Å². The first kappa shape index (κ1) is 19.3. The van der Waals surface area contributed by atoms with Crippen molar-refractivity contribution in [2.45, 2.75) is 18.1 Å². The number of aliphatic hydroxyl groups excluding tert-OH is 1. The second kappa shape index (κ2) is 8.19. The molecule has 0 amide bonds. The van der Waals surface area contributed by atoms with Crippen LogP contribution in [0.2, 0.25) is 0 Å². The third-order valence-corrected chi connectivity index (χ3v) is 7.19. The summed E-state index contributed by atoms with van der Waals surface area (Å²) in [4.78, 5) is 3.78. The van der Waals surface area contributed by atoms with Crippen LogP contribution in [0, 0.1) is 0 Å². The Bertz CT molecular complexity index is 995. The van der Waals surface area contributed by atoms with E-state index < -0.39 is 11.6 Å². The molecule has 3 heteroatoms. The summed E-state index contributed by atoms with van der Waals surface area (Å²) < 4.78 is 0. The average molecular weight is 412 g/mol. The highest BCUT2D eigenvalue weighted by Crippen LogP contribution is 2.44. The number of fused-ring (bicyclic) bond motifs is 1. The van der Waals surface area contributed by atoms with E-state index in [4.69, 9.17) is 0 Å². The topological polar surface area (TPSA) is 23.5 Å². The molecule has 1 aliphatic rings. The van der Waals surface area contributed by atoms with E-state index in [9.17, 15) is 5.11 Å². The normalized spacial score (nSPS) is 17.3. The van der Waals surface area contributed by atoms with E-state index in [1.165, 1.54) is 21.6 Å². The Kier molecular flexibility index (Phi) is 5.26. The fraction of sp³-hybridized carbons (Fsp3) is 0.185. The lowest BCUT2D eigenvalue weighted by Crippen LogP contribution is -2.49. The van der Waals surface area contributed by atoms with Gasteiger partial charge in [-0.05, 0) is 40.1 Å². The highest BCUT2D eigenvalue weighted by Gasteiger charge is 2.43. The molecule has 0 saturated heterocycles. The zero-order chi connectivity index (χ0) is 20.4. The molecule has 0 aliphatic carbocycles. The Morgan fingerprint density at radius 1 is 0.733 bits per heavy atom. The lowest BCUT2D eigenvalue weighted by molar-refractivity contribution is 0.0750. The Morgan fingerprint density at radius 2 is 1.23 bits per heavy atom. The van der Waals surface area contributed by atoms with Gasteiger partial charge in [0.1, 0.15) is 0 Å². The molecule has 0 spiro atoms. The third kappa shape index (κ3) is 3.20. The minimum Gasteiger partial charge on any atom is -0.387 e. The zero-order valence-electron chi connectivity index (χ0n) is 16.8. The van der Waals surface area contributed by atoms with Gasteiger partial charge < -0.3 is 5.11 Å². The fourth-order valence-corrected chi connectivity index (χ4v) is 5.80. The molecule has 5 rings (SSSR count). The second-order valence-electron chi connectivity index (χ2n) is 7.82. The zero-order valence-corrected chi connectivity index (χ0v) is 17.6. The van der Waals surface area contributed by atoms with Crippen LogP contribution in [-0.4, -0.2) is 23.1 Å². The number of hydrogen-bond acceptors (Lipinski definition) is 3. The molecule has 1 unspecified atom stereocenters. The molecule has 0 fully saturated rings. The molecule has 150 valence electrons. The average Bonchev–Trinajstić information content (AvgIpc) is 3.23. The number of rotatable bonds is 4. The summed E-state index contributed by atoms with van der Waals surface area (Å²) >= 11 is 1.76. The van der Waals surface area contributed by atoms with Crippen molar-refractivity contribution in [3.8, 4) is 0 Å². The van der Waals surface area contributed by atoms with E-state index in [2.05, 4.69) is 107 Å². The summed E-state index contributed by atoms with van der Waals surface area (Å²) in [6.45, 7) is 1.46. The van der Waals surface area contributed by atoms with Gasteiger partial charge in [0.25, 0.3) is 0 Å². The Hall–Kier alpha value is -2.72. The van der Waals surface area contributed by atoms with Crippen LogP contribution in [0.25, 0.3) is 0 Å². The van der Waals surface area contributed by atoms with Gasteiger partial charge in [0, 0.05) is 18.0 Å². The van der Waals surface area contributed by atoms with Crippen molar-refractivity contribution >= 4 is 11.3 Å². The molecule has 0 bridgehead atoms. The first-order valence-corrected chi connectivity index (χ1v) is 11.3. The second-order valence-corrected chi connectivity index (χ2v) is 8.82. The van der Waals surface area contributed by atoms with Crippen molar-refractivity contribution in [1.29, 1.82) is 0 Å². The van der Waals surface area contributed by atoms with Gasteiger partial charge >= 0.3 is 0 Å². The summed E-state index contributed by atoms with van der Waals surface area (Å²) in [6.07, 6.45) is 0.447. The van der Waals surface area contributed by atoms with E-state index in [-0.39, 0.29) is 0 Å². The maximum Gasteiger partial charge on any atom is 0.0974 e. The van der Waals surface area contributed by atoms with Crippen LogP contribution in [0.5, 0.6) is 0 Å². The molecule has 4 aromatic rings. The fourth-order valence-electron chi connectivity index (χ4n) is 4.88. The lowest BCUT2D eigenvalue weighted by atomic mass is 9.75. The van der Waals surface area contributed by atoms with Gasteiger partial charge in [-0.3, -0.25) is 4.90 Å². The van der Waals surface area contributed by atoms with Crippen LogP contribution < -0.4 is 0 Å². The quantitative estimate of drug-likeness (QED) is 0.440. The van der Waals surface area contributed by atoms with E-state index >= 15 is 0 Å². The summed E-state index contributed by atoms with van der Waals surface area (Å²) in [5.74, 6) is 0. The number of aliphatic hydroxyl groups is 1. The van der Waals surface area contributed by atoms with E-state index in [1.54, 1.807) is 11.3 Å². The van der Waals surface area contributed by atoms with E-state index in [1.807, 2.05) is 0 Å². The van der Waals surface area contributed by atoms with Crippen molar-refractivity contribution in [2.24, 2.45) is 0 Å². The molecule has 1 aromatic heterocycles. The number of hydrogen-bond donors (Lipinski definition) is 1. The molecule has 3 aromatic carbocycles. The van der Waals surface area contributed by atoms with Gasteiger partial charge in [0.05, 0.1) is 11.6 Å². The Morgan fingerprint density at radius 3 is 1.73 bits per heavy atom. The number of β-amino-alcohol motifs (C(OH)–C–C–N with tert-alkyl or cyclic N) is 1. The predicted molar refractivity (Wildman–Crippen MR) is 124 cm³/mol. The molecule has 2 nitrogen and oxygen atoms in total. The summed E-state index contributed by atoms with van der Waals surface area (Å²) in [5, 5.41) is 13.3. The van der Waals surface area contributed by atoms with Gasteiger partial charge in [-0.25, -0.2) is 0 Å². The summed E-state index contributed by atoms with van der Waals surface area (Å²) in [5.41, 5.74) is 4.28. The van der Waals surface area contributed by atoms with Crippen LogP contribution in [0.1, 0.15) is 33.2 Å². The highest BCUT2D eigenvalue weighted by atomic mass is 32.1. The van der Waals surface area contributed by atoms with Crippen molar-refractivity contribution in [1.82, 2.24) is 4.90 Å². The molecule has 30 heavy (non-hydrogen) atoms. The van der Waals surface area contributed by atoms with E-state index in [0.717, 1.165) is 18.5 Å². The SMILES string of the molecule is OC1CN(C(c2ccccc2)(c2ccccc2)c2ccccc2)CCc2sccc21. The summed E-state index contributed by atoms with van der Waals surface area (Å²) in [6, 6.07) is 34.3. The van der Waals surface area contributed by atoms with Crippen LogP contribution in [0.15, 0.2) is 102 Å². The van der Waals surface area contributed by atoms with Gasteiger partial charge in [-0.1, -0.05) is 91.0 Å². The lowest BCUT2D eigenvalue weighted by Gasteiger charge is -2.46. The maximum atomic E-state index is 11.2. The van der Waals surface area contributed by atoms with Crippen LogP contribution >= 0.6 is 11.3 Å². The van der Waals surface area contributed by atoms with Crippen LogP contribution in [-0.2, 0) is 12.0 Å². The first-order valence-electron chi connectivity index (χ1n) is 10.5. The number of thiophene rings is 1. The van der Waals surface area contributed by atoms with Crippen LogP contribution in [0.3, 0.4) is 0 Å². The van der Waals surface area contributed by atoms with Crippen LogP contribution in [0.4, 0.5) is 0 Å². The molecule has 2 heterocycles. The molecule has 0 radical (unpaired) electrons. The maximum absolute atomic E-state index is 11.2. The molecule has 1 aliphatic heterocycles. The predicted octanol–water partition coefficient (Wildman–Crippen LogP) is 5.63. The molecule has 0 saturated carbocycles. The number of nitrogens with zero attached hydrogens (tertiary/aromatic N) is 1. The molecule has 1 atom stereocenters. The third-order valence-electron chi connectivity index (χ3n) is 6.19. The number of benzene rings is 3. The van der Waals surface area contributed by atoms with Crippen molar-refractivity contribution < 1.29 is 5.11 Å². The van der Waals surface area contributed by atoms with Crippen molar-refractivity contribution in [3.05, 3.63) is 130 Å². The summed E-state index contributed by atoms with van der Waals surface area (Å²) in [7, 11) is 0. The van der Waals surface area contributed by atoms with E-state index in [0.29, 0.717) is 6.54 Å². The highest BCUT2D eigenvalue weighted by molar-refractivity contribution is 7.10. The van der Waals surface area contributed by atoms with Crippen molar-refractivity contribution in [3.63, 3.8) is 0 Å². The molecular weight excluding hydrogens is 386 g/mol. The standard InChI is InChI=1S/C27H25NOS/c29-25-20-28(18-16-26-24(25)17-19-30-26)27(21-10-4-1-5-11-21,22-12-6-2-7-13-22)23-14-8-3-9-15-23/h1-15,17,19,25,29H,16,18,20H2. The Balaban J connectivity index is 1.75. The minimum atomic E-state index is -0.496. The van der Waals surface area contributed by atoms with Gasteiger partial charge in [0.15, 0.2) is 0 Å². The monoisotopic (exact) mass is 411 g/mol. The molecule has 1 N–H and O–H groups in total. The molecular formula is C27H25NOS. The minimum absolute atomic E-state index is 0.473. The first-order chi connectivity index (χ1) is 14.8. The van der Waals surface area contributed by atoms with Crippen molar-refractivity contribution in [2.75, 3.05) is 13.1 Å². The Labute approximate surface area is 182 Å². The largest absolute Gasteiger partial charge is 0.387 e. The van der Waals surface area contributed by atoms with Gasteiger partial charge in [0.2, 0.25) is 0 Å². The van der Waals surface area contributed by atoms with Gasteiger partial charge in [-0.15, -0.1) is 11.3 Å². The smallest absolute Gasteiger partial charge is 0.0974 e.